The van der Waals surface area contributed by atoms with Crippen LogP contribution in [0.1, 0.15) is 92.4 Å². The van der Waals surface area contributed by atoms with E-state index in [1.165, 1.54) is 11.0 Å². The van der Waals surface area contributed by atoms with E-state index >= 15 is 0 Å². The van der Waals surface area contributed by atoms with Crippen LogP contribution in [0.4, 0.5) is 4.79 Å². The topological polar surface area (TPSA) is 159 Å². The Morgan fingerprint density at radius 1 is 1.09 bits per heavy atom. The van der Waals surface area contributed by atoms with Crippen LogP contribution in [0, 0.1) is 35.0 Å². The van der Waals surface area contributed by atoms with Crippen molar-refractivity contribution in [2.75, 3.05) is 18.6 Å². The number of allylic oxidation sites excluding steroid dienone is 1. The monoisotopic (exact) mass is 660 g/mol. The standard InChI is InChI=1S/C34H52N4O7S/c1-9-11-16-23(27(40)24(39)17-12-10-2)35-29(41)26-25-22(33(25,6)7)20-38(26)30(42)28(32(3,4)5)36-31(43)37-34(21-46(8,44)45)18-14-13-15-19-34/h1,10,22-23,25-26,28H,2,11-21H2,3-8H3,(H,35,41)(H2,36,37,43)/t22?,23?,25?,26-,28+/m0/s1. The van der Waals surface area contributed by atoms with Crippen LogP contribution in [0.3, 0.4) is 0 Å². The van der Waals surface area contributed by atoms with Crippen LogP contribution in [-0.2, 0) is 29.0 Å². The first kappa shape index (κ1) is 37.3. The molecule has 0 aromatic rings. The number of carbonyl (C=O) groups is 5. The molecule has 46 heavy (non-hydrogen) atoms. The average molecular weight is 661 g/mol. The third kappa shape index (κ3) is 8.78. The number of likely N-dealkylation sites (tertiary alicyclic amines) is 1. The first-order valence-electron chi connectivity index (χ1n) is 16.3. The summed E-state index contributed by atoms with van der Waals surface area (Å²) >= 11 is 0. The maximum Gasteiger partial charge on any atom is 0.315 e. The molecule has 3 aliphatic rings. The summed E-state index contributed by atoms with van der Waals surface area (Å²) in [5.41, 5.74) is -1.92. The molecule has 12 heteroatoms. The van der Waals surface area contributed by atoms with E-state index in [4.69, 9.17) is 6.42 Å². The molecule has 1 heterocycles. The normalized spacial score (nSPS) is 24.4. The van der Waals surface area contributed by atoms with E-state index in [0.717, 1.165) is 25.5 Å². The summed E-state index contributed by atoms with van der Waals surface area (Å²) in [6.45, 7) is 13.4. The Morgan fingerprint density at radius 3 is 2.26 bits per heavy atom. The molecule has 11 nitrogen and oxygen atoms in total. The zero-order valence-electron chi connectivity index (χ0n) is 28.2. The maximum absolute atomic E-state index is 14.3. The number of nitrogens with one attached hydrogen (secondary N) is 3. The lowest BCUT2D eigenvalue weighted by atomic mass is 9.83. The van der Waals surface area contributed by atoms with Gasteiger partial charge in [0.2, 0.25) is 23.4 Å². The first-order valence-corrected chi connectivity index (χ1v) is 18.3. The van der Waals surface area contributed by atoms with Gasteiger partial charge in [0.25, 0.3) is 0 Å². The third-order valence-electron chi connectivity index (χ3n) is 9.94. The number of ketones is 2. The summed E-state index contributed by atoms with van der Waals surface area (Å²) in [7, 11) is -3.40. The lowest BCUT2D eigenvalue weighted by Crippen LogP contribution is -2.63. The zero-order valence-corrected chi connectivity index (χ0v) is 29.1. The molecule has 2 saturated carbocycles. The lowest BCUT2D eigenvalue weighted by Gasteiger charge is -2.40. The first-order chi connectivity index (χ1) is 21.3. The highest BCUT2D eigenvalue weighted by Crippen LogP contribution is 2.65. The van der Waals surface area contributed by atoms with Crippen molar-refractivity contribution in [3.05, 3.63) is 12.7 Å². The number of rotatable bonds is 14. The van der Waals surface area contributed by atoms with Crippen LogP contribution >= 0.6 is 0 Å². The second-order valence-corrected chi connectivity index (χ2v) is 17.3. The van der Waals surface area contributed by atoms with Gasteiger partial charge >= 0.3 is 6.03 Å². The zero-order chi connectivity index (χ0) is 34.7. The van der Waals surface area contributed by atoms with Gasteiger partial charge in [0, 0.05) is 25.6 Å². The minimum atomic E-state index is -3.40. The fourth-order valence-electron chi connectivity index (χ4n) is 7.38. The van der Waals surface area contributed by atoms with Gasteiger partial charge in [0.05, 0.1) is 17.3 Å². The number of urea groups is 1. The largest absolute Gasteiger partial charge is 0.344 e. The number of amides is 4. The lowest BCUT2D eigenvalue weighted by molar-refractivity contribution is -0.145. The van der Waals surface area contributed by atoms with E-state index in [0.29, 0.717) is 25.8 Å². The number of nitrogens with zero attached hydrogens (tertiary/aromatic N) is 1. The minimum Gasteiger partial charge on any atom is -0.344 e. The van der Waals surface area contributed by atoms with Crippen molar-refractivity contribution in [1.29, 1.82) is 0 Å². The molecule has 0 aromatic heterocycles. The quantitative estimate of drug-likeness (QED) is 0.147. The number of piperidine rings is 1. The summed E-state index contributed by atoms with van der Waals surface area (Å²) in [6, 6.07) is -3.71. The second kappa shape index (κ2) is 14.3. The molecule has 3 rings (SSSR count). The van der Waals surface area contributed by atoms with Gasteiger partial charge in [-0.15, -0.1) is 18.9 Å². The molecule has 0 spiro atoms. The van der Waals surface area contributed by atoms with Crippen LogP contribution in [0.15, 0.2) is 12.7 Å². The molecular formula is C34H52N4O7S. The van der Waals surface area contributed by atoms with Crippen LogP contribution in [-0.4, -0.2) is 84.9 Å². The average Bonchev–Trinajstić information content (AvgIpc) is 3.26. The molecule has 4 amide bonds. The van der Waals surface area contributed by atoms with E-state index in [1.807, 2.05) is 34.6 Å². The Bertz CT molecular complexity index is 1370. The molecule has 0 aromatic carbocycles. The van der Waals surface area contributed by atoms with Gasteiger partial charge in [-0.2, -0.15) is 0 Å². The Kier molecular flexibility index (Phi) is 11.6. The van der Waals surface area contributed by atoms with Crippen molar-refractivity contribution in [3.8, 4) is 12.3 Å². The van der Waals surface area contributed by atoms with Gasteiger partial charge in [0.15, 0.2) is 0 Å². The summed E-state index contributed by atoms with van der Waals surface area (Å²) in [4.78, 5) is 68.8. The van der Waals surface area contributed by atoms with E-state index in [-0.39, 0.29) is 42.3 Å². The van der Waals surface area contributed by atoms with Crippen molar-refractivity contribution in [2.45, 2.75) is 116 Å². The van der Waals surface area contributed by atoms with Crippen molar-refractivity contribution in [1.82, 2.24) is 20.9 Å². The molecule has 0 radical (unpaired) electrons. The number of hydrogen-bond donors (Lipinski definition) is 3. The molecule has 2 aliphatic carbocycles. The molecule has 3 unspecified atom stereocenters. The highest BCUT2D eigenvalue weighted by molar-refractivity contribution is 7.90. The number of sulfone groups is 1. The van der Waals surface area contributed by atoms with Crippen LogP contribution in [0.2, 0.25) is 0 Å². The minimum absolute atomic E-state index is 0.0248. The van der Waals surface area contributed by atoms with E-state index in [1.54, 1.807) is 0 Å². The van der Waals surface area contributed by atoms with Gasteiger partial charge in [-0.1, -0.05) is 60.0 Å². The van der Waals surface area contributed by atoms with Gasteiger partial charge in [-0.3, -0.25) is 19.2 Å². The van der Waals surface area contributed by atoms with Gasteiger partial charge in [0.1, 0.15) is 21.9 Å². The molecule has 256 valence electrons. The number of carbonyl (C=O) groups excluding carboxylic acids is 5. The number of fused-ring (bicyclic) bond motifs is 1. The van der Waals surface area contributed by atoms with Crippen molar-refractivity contribution in [3.63, 3.8) is 0 Å². The predicted octanol–water partition coefficient (Wildman–Crippen LogP) is 2.93. The molecule has 1 aliphatic heterocycles. The van der Waals surface area contributed by atoms with E-state index < -0.39 is 68.3 Å². The van der Waals surface area contributed by atoms with Crippen molar-refractivity contribution >= 4 is 39.2 Å². The van der Waals surface area contributed by atoms with Crippen molar-refractivity contribution in [2.24, 2.45) is 22.7 Å². The Hall–Kier alpha value is -3.20. The molecule has 1 saturated heterocycles. The smallest absolute Gasteiger partial charge is 0.315 e. The number of terminal acetylenes is 1. The predicted molar refractivity (Wildman–Crippen MR) is 176 cm³/mol. The summed E-state index contributed by atoms with van der Waals surface area (Å²) in [6.07, 6.45) is 12.2. The van der Waals surface area contributed by atoms with Crippen LogP contribution in [0.5, 0.6) is 0 Å². The molecule has 0 bridgehead atoms. The fourth-order valence-corrected chi connectivity index (χ4v) is 8.74. The van der Waals surface area contributed by atoms with Crippen LogP contribution < -0.4 is 16.0 Å². The second-order valence-electron chi connectivity index (χ2n) is 15.1. The van der Waals surface area contributed by atoms with Gasteiger partial charge < -0.3 is 20.9 Å². The number of Topliss-reactive ketones (excluding diaryl/α,β-unsaturated/α-hetero) is 2. The van der Waals surface area contributed by atoms with E-state index in [2.05, 4.69) is 28.4 Å². The Morgan fingerprint density at radius 2 is 1.72 bits per heavy atom. The summed E-state index contributed by atoms with van der Waals surface area (Å²) in [5.74, 6) is -0.211. The molecule has 3 N–H and O–H groups in total. The SMILES string of the molecule is C#CCCC(NC(=O)[C@@H]1C2C(CN1C(=O)[C@@H](NC(=O)NC1(CS(C)(=O)=O)CCCCC1)C(C)(C)C)C2(C)C)C(=O)C(=O)CCC=C. The summed E-state index contributed by atoms with van der Waals surface area (Å²) in [5, 5.41) is 8.49. The van der Waals surface area contributed by atoms with Gasteiger partial charge in [-0.05, 0) is 48.3 Å². The molecule has 5 atom stereocenters. The Labute approximate surface area is 274 Å². The third-order valence-corrected chi connectivity index (χ3v) is 11.0. The van der Waals surface area contributed by atoms with Gasteiger partial charge in [-0.25, -0.2) is 13.2 Å². The van der Waals surface area contributed by atoms with Crippen molar-refractivity contribution < 1.29 is 32.4 Å². The highest BCUT2D eigenvalue weighted by atomic mass is 32.2. The Balaban J connectivity index is 1.85. The maximum atomic E-state index is 14.3. The molecule has 3 fully saturated rings. The molecular weight excluding hydrogens is 608 g/mol. The summed E-state index contributed by atoms with van der Waals surface area (Å²) < 4.78 is 24.5. The number of hydrogen-bond acceptors (Lipinski definition) is 7. The van der Waals surface area contributed by atoms with Crippen LogP contribution in [0.25, 0.3) is 0 Å². The van der Waals surface area contributed by atoms with E-state index in [9.17, 15) is 32.4 Å². The fraction of sp³-hybridized carbons (Fsp3) is 0.735. The highest BCUT2D eigenvalue weighted by Gasteiger charge is 2.70.